The molecule has 0 atom stereocenters. The Morgan fingerprint density at radius 1 is 1.47 bits per heavy atom. The second kappa shape index (κ2) is 3.52. The molecule has 80 valence electrons. The van der Waals surface area contributed by atoms with Crippen LogP contribution in [-0.4, -0.2) is 9.38 Å². The van der Waals surface area contributed by atoms with Crippen LogP contribution in [-0.2, 0) is 0 Å². The molecule has 3 nitrogen and oxygen atoms in total. The van der Waals surface area contributed by atoms with E-state index >= 15 is 0 Å². The van der Waals surface area contributed by atoms with Crippen molar-refractivity contribution < 1.29 is 0 Å². The fraction of sp³-hybridized carbons (Fsp3) is 0.364. The lowest BCUT2D eigenvalue weighted by molar-refractivity contribution is 0.838. The summed E-state index contributed by atoms with van der Waals surface area (Å²) >= 11 is 3.49. The number of pyridine rings is 1. The van der Waals surface area contributed by atoms with Crippen molar-refractivity contribution in [2.75, 3.05) is 5.73 Å². The summed E-state index contributed by atoms with van der Waals surface area (Å²) in [6, 6.07) is 2.03. The van der Waals surface area contributed by atoms with Crippen LogP contribution in [0.4, 0.5) is 5.82 Å². The standard InChI is InChI=1S/C11H14BrN3/c1-6(2)10-11(13)15-5-8(12)7(3)4-9(15)14-10/h4-6H,13H2,1-3H3. The molecule has 0 bridgehead atoms. The highest BCUT2D eigenvalue weighted by molar-refractivity contribution is 9.10. The molecule has 0 spiro atoms. The van der Waals surface area contributed by atoms with Crippen molar-refractivity contribution in [3.8, 4) is 0 Å². The summed E-state index contributed by atoms with van der Waals surface area (Å²) in [6.45, 7) is 6.24. The molecule has 0 aromatic carbocycles. The van der Waals surface area contributed by atoms with E-state index in [0.717, 1.165) is 21.6 Å². The molecule has 0 fully saturated rings. The fourth-order valence-electron chi connectivity index (χ4n) is 1.62. The van der Waals surface area contributed by atoms with E-state index in [4.69, 9.17) is 5.73 Å². The molecule has 2 aromatic heterocycles. The molecule has 0 saturated carbocycles. The Bertz CT molecular complexity index is 514. The second-order valence-corrected chi connectivity index (χ2v) is 4.92. The van der Waals surface area contributed by atoms with Crippen LogP contribution in [0.3, 0.4) is 0 Å². The maximum Gasteiger partial charge on any atom is 0.139 e. The second-order valence-electron chi connectivity index (χ2n) is 4.07. The van der Waals surface area contributed by atoms with Gasteiger partial charge in [0.05, 0.1) is 5.69 Å². The molecular formula is C11H14BrN3. The van der Waals surface area contributed by atoms with Crippen molar-refractivity contribution in [2.45, 2.75) is 26.7 Å². The summed E-state index contributed by atoms with van der Waals surface area (Å²) in [5.41, 5.74) is 9.09. The van der Waals surface area contributed by atoms with Crippen molar-refractivity contribution in [1.29, 1.82) is 0 Å². The lowest BCUT2D eigenvalue weighted by atomic mass is 10.1. The summed E-state index contributed by atoms with van der Waals surface area (Å²) in [5, 5.41) is 0. The predicted octanol–water partition coefficient (Wildman–Crippen LogP) is 3.11. The highest BCUT2D eigenvalue weighted by Crippen LogP contribution is 2.25. The number of hydrogen-bond donors (Lipinski definition) is 1. The Labute approximate surface area is 97.4 Å². The number of nitrogens with zero attached hydrogens (tertiary/aromatic N) is 2. The van der Waals surface area contributed by atoms with E-state index in [2.05, 4.69) is 34.8 Å². The van der Waals surface area contributed by atoms with Crippen molar-refractivity contribution in [3.05, 3.63) is 28.0 Å². The number of aryl methyl sites for hydroxylation is 1. The van der Waals surface area contributed by atoms with Crippen LogP contribution in [0, 0.1) is 6.92 Å². The van der Waals surface area contributed by atoms with E-state index < -0.39 is 0 Å². The fourth-order valence-corrected chi connectivity index (χ4v) is 1.94. The van der Waals surface area contributed by atoms with Gasteiger partial charge in [0.1, 0.15) is 11.5 Å². The lowest BCUT2D eigenvalue weighted by Gasteiger charge is -2.02. The van der Waals surface area contributed by atoms with Gasteiger partial charge in [-0.2, -0.15) is 0 Å². The zero-order chi connectivity index (χ0) is 11.2. The van der Waals surface area contributed by atoms with Crippen LogP contribution in [0.2, 0.25) is 0 Å². The summed E-state index contributed by atoms with van der Waals surface area (Å²) in [5.74, 6) is 1.09. The van der Waals surface area contributed by atoms with Gasteiger partial charge in [-0.25, -0.2) is 4.98 Å². The number of imidazole rings is 1. The third-order valence-electron chi connectivity index (χ3n) is 2.52. The number of fused-ring (bicyclic) bond motifs is 1. The predicted molar refractivity (Wildman–Crippen MR) is 66.1 cm³/mol. The Balaban J connectivity index is 2.77. The van der Waals surface area contributed by atoms with E-state index in [1.54, 1.807) is 0 Å². The van der Waals surface area contributed by atoms with E-state index in [-0.39, 0.29) is 0 Å². The van der Waals surface area contributed by atoms with Crippen molar-refractivity contribution >= 4 is 27.4 Å². The van der Waals surface area contributed by atoms with Gasteiger partial charge in [0.15, 0.2) is 0 Å². The van der Waals surface area contributed by atoms with E-state index in [1.165, 1.54) is 5.56 Å². The first-order chi connectivity index (χ1) is 7.00. The number of aromatic nitrogens is 2. The minimum absolute atomic E-state index is 0.351. The molecule has 2 rings (SSSR count). The Hall–Kier alpha value is -1.03. The van der Waals surface area contributed by atoms with E-state index in [0.29, 0.717) is 5.92 Å². The van der Waals surface area contributed by atoms with Gasteiger partial charge >= 0.3 is 0 Å². The molecule has 4 heteroatoms. The van der Waals surface area contributed by atoms with Crippen LogP contribution in [0.15, 0.2) is 16.7 Å². The van der Waals surface area contributed by atoms with E-state index in [9.17, 15) is 0 Å². The molecule has 0 aliphatic heterocycles. The molecule has 0 saturated heterocycles. The molecule has 0 radical (unpaired) electrons. The number of nitrogen functional groups attached to an aromatic ring is 1. The smallest absolute Gasteiger partial charge is 0.139 e. The molecule has 2 N–H and O–H groups in total. The van der Waals surface area contributed by atoms with Crippen LogP contribution >= 0.6 is 15.9 Å². The molecule has 0 aliphatic carbocycles. The van der Waals surface area contributed by atoms with Gasteiger partial charge in [0, 0.05) is 10.7 Å². The summed E-state index contributed by atoms with van der Waals surface area (Å²) in [7, 11) is 0. The largest absolute Gasteiger partial charge is 0.383 e. The lowest BCUT2D eigenvalue weighted by Crippen LogP contribution is -1.97. The Morgan fingerprint density at radius 2 is 2.13 bits per heavy atom. The molecular weight excluding hydrogens is 254 g/mol. The Morgan fingerprint density at radius 3 is 2.73 bits per heavy atom. The number of nitrogens with two attached hydrogens (primary N) is 1. The minimum atomic E-state index is 0.351. The maximum atomic E-state index is 6.04. The van der Waals surface area contributed by atoms with Gasteiger partial charge < -0.3 is 5.73 Å². The zero-order valence-electron chi connectivity index (χ0n) is 9.08. The number of rotatable bonds is 1. The van der Waals surface area contributed by atoms with Gasteiger partial charge in [-0.15, -0.1) is 0 Å². The molecule has 15 heavy (non-hydrogen) atoms. The summed E-state index contributed by atoms with van der Waals surface area (Å²) in [4.78, 5) is 4.53. The number of halogens is 1. The third kappa shape index (κ3) is 1.63. The first-order valence-corrected chi connectivity index (χ1v) is 5.73. The summed E-state index contributed by atoms with van der Waals surface area (Å²) in [6.07, 6.45) is 1.97. The highest BCUT2D eigenvalue weighted by atomic mass is 79.9. The van der Waals surface area contributed by atoms with Crippen LogP contribution < -0.4 is 5.73 Å². The van der Waals surface area contributed by atoms with Gasteiger partial charge in [0.2, 0.25) is 0 Å². The van der Waals surface area contributed by atoms with Crippen LogP contribution in [0.25, 0.3) is 5.65 Å². The average Bonchev–Trinajstić information content (AvgIpc) is 2.46. The van der Waals surface area contributed by atoms with Gasteiger partial charge in [-0.05, 0) is 40.4 Å². The monoisotopic (exact) mass is 267 g/mol. The molecule has 0 aliphatic rings. The van der Waals surface area contributed by atoms with Gasteiger partial charge in [-0.1, -0.05) is 13.8 Å². The SMILES string of the molecule is Cc1cc2nc(C(C)C)c(N)n2cc1Br. The van der Waals surface area contributed by atoms with Gasteiger partial charge in [-0.3, -0.25) is 4.40 Å². The van der Waals surface area contributed by atoms with Crippen LogP contribution in [0.1, 0.15) is 31.0 Å². The molecule has 0 amide bonds. The highest BCUT2D eigenvalue weighted by Gasteiger charge is 2.12. The quantitative estimate of drug-likeness (QED) is 0.863. The zero-order valence-corrected chi connectivity index (χ0v) is 10.7. The molecule has 0 unspecified atom stereocenters. The van der Waals surface area contributed by atoms with E-state index in [1.807, 2.05) is 23.6 Å². The van der Waals surface area contributed by atoms with Crippen LogP contribution in [0.5, 0.6) is 0 Å². The van der Waals surface area contributed by atoms with Crippen molar-refractivity contribution in [2.24, 2.45) is 0 Å². The van der Waals surface area contributed by atoms with Gasteiger partial charge in [0.25, 0.3) is 0 Å². The van der Waals surface area contributed by atoms with Crippen molar-refractivity contribution in [3.63, 3.8) is 0 Å². The first kappa shape index (κ1) is 10.5. The number of hydrogen-bond acceptors (Lipinski definition) is 2. The topological polar surface area (TPSA) is 43.3 Å². The third-order valence-corrected chi connectivity index (χ3v) is 3.35. The molecule has 2 heterocycles. The summed E-state index contributed by atoms with van der Waals surface area (Å²) < 4.78 is 2.97. The molecule has 2 aromatic rings. The van der Waals surface area contributed by atoms with Crippen molar-refractivity contribution in [1.82, 2.24) is 9.38 Å². The first-order valence-electron chi connectivity index (χ1n) is 4.94. The average molecular weight is 268 g/mol. The Kier molecular flexibility index (Phi) is 2.46. The normalized spacial score (nSPS) is 11.5. The maximum absolute atomic E-state index is 6.04. The minimum Gasteiger partial charge on any atom is -0.383 e. The number of anilines is 1.